The fourth-order valence-corrected chi connectivity index (χ4v) is 4.02. The van der Waals surface area contributed by atoms with Crippen molar-refractivity contribution in [2.45, 2.75) is 71.5 Å². The Morgan fingerprint density at radius 3 is 2.76 bits per heavy atom. The van der Waals surface area contributed by atoms with Gasteiger partial charge < -0.3 is 14.7 Å². The number of likely N-dealkylation sites (tertiary alicyclic amines) is 1. The van der Waals surface area contributed by atoms with Gasteiger partial charge in [0.1, 0.15) is 0 Å². The van der Waals surface area contributed by atoms with Gasteiger partial charge in [0.05, 0.1) is 12.2 Å². The third-order valence-corrected chi connectivity index (χ3v) is 5.44. The van der Waals surface area contributed by atoms with E-state index in [0.717, 1.165) is 44.4 Å². The molecule has 1 aliphatic carbocycles. The molecule has 0 radical (unpaired) electrons. The van der Waals surface area contributed by atoms with E-state index in [9.17, 15) is 5.11 Å². The predicted octanol–water partition coefficient (Wildman–Crippen LogP) is 3.31. The van der Waals surface area contributed by atoms with Gasteiger partial charge in [-0.1, -0.05) is 20.8 Å². The maximum Gasteiger partial charge on any atom is 0.0702 e. The highest BCUT2D eigenvalue weighted by Crippen LogP contribution is 2.34. The van der Waals surface area contributed by atoms with Crippen molar-refractivity contribution in [2.75, 3.05) is 26.2 Å². The van der Waals surface area contributed by atoms with Crippen LogP contribution >= 0.6 is 0 Å². The van der Waals surface area contributed by atoms with Gasteiger partial charge in [-0.05, 0) is 62.8 Å². The van der Waals surface area contributed by atoms with E-state index in [1.54, 1.807) is 0 Å². The SMILES string of the molecule is CCCOC1CCCN(CC2CC(C(C)C)CCC2O)C1. The molecule has 1 saturated heterocycles. The van der Waals surface area contributed by atoms with Crippen LogP contribution in [-0.4, -0.2) is 48.5 Å². The molecule has 2 aliphatic rings. The number of nitrogens with zero attached hydrogens (tertiary/aromatic N) is 1. The lowest BCUT2D eigenvalue weighted by atomic mass is 9.74. The molecule has 0 aromatic heterocycles. The highest BCUT2D eigenvalue weighted by molar-refractivity contribution is 4.85. The number of rotatable bonds is 6. The van der Waals surface area contributed by atoms with Crippen LogP contribution in [0.4, 0.5) is 0 Å². The summed E-state index contributed by atoms with van der Waals surface area (Å²) < 4.78 is 5.93. The largest absolute Gasteiger partial charge is 0.393 e. The number of aliphatic hydroxyl groups is 1. The monoisotopic (exact) mass is 297 g/mol. The summed E-state index contributed by atoms with van der Waals surface area (Å²) >= 11 is 0. The first-order valence-corrected chi connectivity index (χ1v) is 9.12. The lowest BCUT2D eigenvalue weighted by Crippen LogP contribution is -2.45. The zero-order valence-electron chi connectivity index (χ0n) is 14.3. The van der Waals surface area contributed by atoms with E-state index in [0.29, 0.717) is 12.0 Å². The zero-order valence-corrected chi connectivity index (χ0v) is 14.3. The summed E-state index contributed by atoms with van der Waals surface area (Å²) in [5, 5.41) is 10.3. The van der Waals surface area contributed by atoms with E-state index in [1.807, 2.05) is 0 Å². The Hall–Kier alpha value is -0.120. The van der Waals surface area contributed by atoms with Gasteiger partial charge in [0, 0.05) is 19.7 Å². The molecule has 0 aromatic rings. The predicted molar refractivity (Wildman–Crippen MR) is 87.4 cm³/mol. The molecule has 0 spiro atoms. The normalized spacial score (nSPS) is 35.3. The second-order valence-corrected chi connectivity index (χ2v) is 7.54. The summed E-state index contributed by atoms with van der Waals surface area (Å²) in [6, 6.07) is 0. The molecule has 4 unspecified atom stereocenters. The zero-order chi connectivity index (χ0) is 15.2. The maximum atomic E-state index is 10.3. The summed E-state index contributed by atoms with van der Waals surface area (Å²) in [6.07, 6.45) is 7.29. The van der Waals surface area contributed by atoms with Crippen molar-refractivity contribution in [3.05, 3.63) is 0 Å². The minimum absolute atomic E-state index is 0.0862. The fraction of sp³-hybridized carbons (Fsp3) is 1.00. The van der Waals surface area contributed by atoms with Crippen molar-refractivity contribution in [3.8, 4) is 0 Å². The molecule has 1 saturated carbocycles. The van der Waals surface area contributed by atoms with E-state index >= 15 is 0 Å². The number of hydrogen-bond donors (Lipinski definition) is 1. The number of piperidine rings is 1. The molecule has 1 N–H and O–H groups in total. The molecule has 21 heavy (non-hydrogen) atoms. The number of aliphatic hydroxyl groups excluding tert-OH is 1. The molecule has 1 aliphatic heterocycles. The molecule has 2 fully saturated rings. The fourth-order valence-electron chi connectivity index (χ4n) is 4.02. The minimum atomic E-state index is -0.0862. The van der Waals surface area contributed by atoms with Gasteiger partial charge in [0.15, 0.2) is 0 Å². The van der Waals surface area contributed by atoms with Gasteiger partial charge in [0.25, 0.3) is 0 Å². The van der Waals surface area contributed by atoms with Crippen LogP contribution in [-0.2, 0) is 4.74 Å². The Morgan fingerprint density at radius 2 is 2.05 bits per heavy atom. The molecular weight excluding hydrogens is 262 g/mol. The van der Waals surface area contributed by atoms with Gasteiger partial charge in [-0.2, -0.15) is 0 Å². The van der Waals surface area contributed by atoms with Crippen LogP contribution in [0.3, 0.4) is 0 Å². The van der Waals surface area contributed by atoms with Crippen molar-refractivity contribution in [2.24, 2.45) is 17.8 Å². The van der Waals surface area contributed by atoms with Gasteiger partial charge >= 0.3 is 0 Å². The lowest BCUT2D eigenvalue weighted by Gasteiger charge is -2.40. The summed E-state index contributed by atoms with van der Waals surface area (Å²) in [5.41, 5.74) is 0. The van der Waals surface area contributed by atoms with Crippen molar-refractivity contribution in [3.63, 3.8) is 0 Å². The topological polar surface area (TPSA) is 32.7 Å². The molecule has 0 bridgehead atoms. The van der Waals surface area contributed by atoms with E-state index in [-0.39, 0.29) is 6.10 Å². The highest BCUT2D eigenvalue weighted by Gasteiger charge is 2.32. The molecule has 124 valence electrons. The number of hydrogen-bond acceptors (Lipinski definition) is 3. The Morgan fingerprint density at radius 1 is 1.24 bits per heavy atom. The van der Waals surface area contributed by atoms with Gasteiger partial charge in [-0.3, -0.25) is 0 Å². The van der Waals surface area contributed by atoms with Crippen LogP contribution in [0, 0.1) is 17.8 Å². The third kappa shape index (κ3) is 5.22. The Bertz CT molecular complexity index is 295. The van der Waals surface area contributed by atoms with Crippen LogP contribution in [0.5, 0.6) is 0 Å². The quantitative estimate of drug-likeness (QED) is 0.816. The smallest absolute Gasteiger partial charge is 0.0702 e. The highest BCUT2D eigenvalue weighted by atomic mass is 16.5. The van der Waals surface area contributed by atoms with Crippen LogP contribution < -0.4 is 0 Å². The van der Waals surface area contributed by atoms with Crippen molar-refractivity contribution in [1.82, 2.24) is 4.90 Å². The molecule has 3 heteroatoms. The van der Waals surface area contributed by atoms with E-state index in [1.165, 1.54) is 32.2 Å². The first-order valence-electron chi connectivity index (χ1n) is 9.12. The van der Waals surface area contributed by atoms with Gasteiger partial charge in [-0.15, -0.1) is 0 Å². The van der Waals surface area contributed by atoms with E-state index in [2.05, 4.69) is 25.7 Å². The Labute approximate surface area is 131 Å². The summed E-state index contributed by atoms with van der Waals surface area (Å²) in [5.74, 6) is 2.02. The second kappa shape index (κ2) is 8.50. The summed E-state index contributed by atoms with van der Waals surface area (Å²) in [7, 11) is 0. The third-order valence-electron chi connectivity index (χ3n) is 5.44. The van der Waals surface area contributed by atoms with E-state index < -0.39 is 0 Å². The van der Waals surface area contributed by atoms with Crippen LogP contribution in [0.25, 0.3) is 0 Å². The first-order chi connectivity index (χ1) is 10.1. The molecule has 4 atom stereocenters. The van der Waals surface area contributed by atoms with Gasteiger partial charge in [0.2, 0.25) is 0 Å². The molecule has 0 amide bonds. The number of ether oxygens (including phenoxy) is 1. The molecule has 1 heterocycles. The minimum Gasteiger partial charge on any atom is -0.393 e. The second-order valence-electron chi connectivity index (χ2n) is 7.54. The van der Waals surface area contributed by atoms with Crippen LogP contribution in [0.15, 0.2) is 0 Å². The Kier molecular flexibility index (Phi) is 6.97. The summed E-state index contributed by atoms with van der Waals surface area (Å²) in [4.78, 5) is 2.54. The average molecular weight is 297 g/mol. The van der Waals surface area contributed by atoms with Gasteiger partial charge in [-0.25, -0.2) is 0 Å². The van der Waals surface area contributed by atoms with Crippen molar-refractivity contribution >= 4 is 0 Å². The van der Waals surface area contributed by atoms with Crippen LogP contribution in [0.1, 0.15) is 59.3 Å². The lowest BCUT2D eigenvalue weighted by molar-refractivity contribution is -0.0250. The molecular formula is C18H35NO2. The molecule has 3 nitrogen and oxygen atoms in total. The summed E-state index contributed by atoms with van der Waals surface area (Å²) in [6.45, 7) is 11.0. The van der Waals surface area contributed by atoms with Crippen LogP contribution in [0.2, 0.25) is 0 Å². The molecule has 2 rings (SSSR count). The maximum absolute atomic E-state index is 10.3. The molecule has 0 aromatic carbocycles. The van der Waals surface area contributed by atoms with Crippen molar-refractivity contribution < 1.29 is 9.84 Å². The first kappa shape index (κ1) is 17.2. The van der Waals surface area contributed by atoms with Crippen molar-refractivity contribution in [1.29, 1.82) is 0 Å². The van der Waals surface area contributed by atoms with E-state index in [4.69, 9.17) is 4.74 Å². The standard InChI is InChI=1S/C18H35NO2/c1-4-10-21-17-6-5-9-19(13-17)12-16-11-15(14(2)3)7-8-18(16)20/h14-18,20H,4-13H2,1-3H3. The Balaban J connectivity index is 1.81. The average Bonchev–Trinajstić information content (AvgIpc) is 2.47.